The fraction of sp³-hybridized carbons (Fsp3) is 0.667. The minimum Gasteiger partial charge on any atom is -0.447 e. The molecule has 0 N–H and O–H groups in total. The Morgan fingerprint density at radius 3 is 2.67 bits per heavy atom. The van der Waals surface area contributed by atoms with Crippen LogP contribution in [0.2, 0.25) is 0 Å². The van der Waals surface area contributed by atoms with Crippen molar-refractivity contribution in [2.75, 3.05) is 6.54 Å². The molecule has 1 aliphatic carbocycles. The van der Waals surface area contributed by atoms with Crippen molar-refractivity contribution in [3.05, 3.63) is 17.9 Å². The van der Waals surface area contributed by atoms with Gasteiger partial charge in [0.15, 0.2) is 0 Å². The number of sulfonamides is 1. The van der Waals surface area contributed by atoms with Gasteiger partial charge >= 0.3 is 0 Å². The van der Waals surface area contributed by atoms with Gasteiger partial charge in [0.05, 0.1) is 5.88 Å². The van der Waals surface area contributed by atoms with E-state index in [1.807, 2.05) is 0 Å². The molecule has 2 rings (SSSR count). The van der Waals surface area contributed by atoms with Crippen molar-refractivity contribution in [3.8, 4) is 0 Å². The van der Waals surface area contributed by atoms with Crippen LogP contribution in [-0.2, 0) is 15.9 Å². The van der Waals surface area contributed by atoms with E-state index < -0.39 is 10.0 Å². The number of nitrogens with zero attached hydrogens (tertiary/aromatic N) is 1. The minimum absolute atomic E-state index is 0.0150. The molecule has 1 saturated carbocycles. The predicted molar refractivity (Wildman–Crippen MR) is 70.1 cm³/mol. The Bertz CT molecular complexity index is 493. The zero-order chi connectivity index (χ0) is 13.2. The Hall–Kier alpha value is -0.520. The second-order valence-corrected chi connectivity index (χ2v) is 6.64. The highest BCUT2D eigenvalue weighted by Crippen LogP contribution is 2.32. The van der Waals surface area contributed by atoms with Crippen LogP contribution in [-0.4, -0.2) is 25.3 Å². The molecule has 0 aromatic carbocycles. The molecule has 0 bridgehead atoms. The van der Waals surface area contributed by atoms with Crippen LogP contribution in [0.3, 0.4) is 0 Å². The second-order valence-electron chi connectivity index (χ2n) is 4.55. The van der Waals surface area contributed by atoms with Crippen molar-refractivity contribution >= 4 is 21.6 Å². The Labute approximate surface area is 113 Å². The number of furan rings is 1. The van der Waals surface area contributed by atoms with Gasteiger partial charge in [-0.2, -0.15) is 4.31 Å². The molecule has 1 heterocycles. The second kappa shape index (κ2) is 5.63. The number of alkyl halides is 1. The monoisotopic (exact) mass is 291 g/mol. The average molecular weight is 292 g/mol. The SMILES string of the molecule is CCCCN(C1CC1)S(=O)(=O)c1ccc(CCl)o1. The Morgan fingerprint density at radius 1 is 1.44 bits per heavy atom. The van der Waals surface area contributed by atoms with Gasteiger partial charge in [-0.05, 0) is 31.4 Å². The molecule has 0 saturated heterocycles. The van der Waals surface area contributed by atoms with Gasteiger partial charge in [0.2, 0.25) is 5.09 Å². The van der Waals surface area contributed by atoms with E-state index in [1.54, 1.807) is 10.4 Å². The fourth-order valence-electron chi connectivity index (χ4n) is 1.86. The highest BCUT2D eigenvalue weighted by Gasteiger charge is 2.39. The lowest BCUT2D eigenvalue weighted by atomic mass is 10.3. The number of rotatable bonds is 7. The van der Waals surface area contributed by atoms with Crippen LogP contribution < -0.4 is 0 Å². The van der Waals surface area contributed by atoms with Crippen molar-refractivity contribution in [3.63, 3.8) is 0 Å². The van der Waals surface area contributed by atoms with Crippen LogP contribution in [0.4, 0.5) is 0 Å². The van der Waals surface area contributed by atoms with Gasteiger partial charge in [-0.15, -0.1) is 11.6 Å². The van der Waals surface area contributed by atoms with Crippen molar-refractivity contribution in [1.82, 2.24) is 4.31 Å². The summed E-state index contributed by atoms with van der Waals surface area (Å²) in [7, 11) is -3.49. The Kier molecular flexibility index (Phi) is 4.35. The first-order valence-corrected chi connectivity index (χ1v) is 8.23. The van der Waals surface area contributed by atoms with Crippen LogP contribution in [0, 0.1) is 0 Å². The van der Waals surface area contributed by atoms with E-state index in [-0.39, 0.29) is 17.0 Å². The van der Waals surface area contributed by atoms with Crippen molar-refractivity contribution in [2.45, 2.75) is 49.6 Å². The van der Waals surface area contributed by atoms with Gasteiger partial charge < -0.3 is 4.42 Å². The Balaban J connectivity index is 2.21. The molecule has 4 nitrogen and oxygen atoms in total. The van der Waals surface area contributed by atoms with Gasteiger partial charge in [-0.3, -0.25) is 0 Å². The molecular weight excluding hydrogens is 274 g/mol. The molecule has 102 valence electrons. The maximum atomic E-state index is 12.4. The third-order valence-corrected chi connectivity index (χ3v) is 5.11. The third kappa shape index (κ3) is 2.90. The van der Waals surface area contributed by atoms with E-state index in [0.29, 0.717) is 12.3 Å². The van der Waals surface area contributed by atoms with E-state index in [9.17, 15) is 8.42 Å². The molecule has 1 aliphatic rings. The molecule has 0 amide bonds. The normalized spacial score (nSPS) is 16.4. The first-order valence-electron chi connectivity index (χ1n) is 6.26. The summed E-state index contributed by atoms with van der Waals surface area (Å²) in [5.41, 5.74) is 0. The standard InChI is InChI=1S/C12H18ClNO3S/c1-2-3-8-14(10-4-5-10)18(15,16)12-7-6-11(9-13)17-12/h6-7,10H,2-5,8-9H2,1H3. The summed E-state index contributed by atoms with van der Waals surface area (Å²) in [4.78, 5) is 0. The summed E-state index contributed by atoms with van der Waals surface area (Å²) < 4.78 is 31.7. The van der Waals surface area contributed by atoms with Gasteiger partial charge in [-0.1, -0.05) is 13.3 Å². The summed E-state index contributed by atoms with van der Waals surface area (Å²) in [6.07, 6.45) is 3.75. The van der Waals surface area contributed by atoms with Gasteiger partial charge in [0.25, 0.3) is 10.0 Å². The van der Waals surface area contributed by atoms with Crippen LogP contribution in [0.25, 0.3) is 0 Å². The number of hydrogen-bond donors (Lipinski definition) is 0. The van der Waals surface area contributed by atoms with Gasteiger partial charge in [0, 0.05) is 12.6 Å². The predicted octanol–water partition coefficient (Wildman–Crippen LogP) is 2.97. The average Bonchev–Trinajstić information content (AvgIpc) is 3.05. The summed E-state index contributed by atoms with van der Waals surface area (Å²) >= 11 is 5.63. The molecule has 1 aromatic heterocycles. The maximum Gasteiger partial charge on any atom is 0.276 e. The largest absolute Gasteiger partial charge is 0.447 e. The summed E-state index contributed by atoms with van der Waals surface area (Å²) in [5, 5.41) is 0.0150. The van der Waals surface area contributed by atoms with Crippen LogP contribution in [0.15, 0.2) is 21.6 Å². The molecule has 6 heteroatoms. The topological polar surface area (TPSA) is 50.5 Å². The molecule has 0 atom stereocenters. The highest BCUT2D eigenvalue weighted by atomic mass is 35.5. The molecule has 0 radical (unpaired) electrons. The number of halogens is 1. The van der Waals surface area contributed by atoms with Gasteiger partial charge in [-0.25, -0.2) is 8.42 Å². The summed E-state index contributed by atoms with van der Waals surface area (Å²) in [6, 6.07) is 3.27. The zero-order valence-corrected chi connectivity index (χ0v) is 12.0. The van der Waals surface area contributed by atoms with E-state index in [4.69, 9.17) is 16.0 Å². The number of unbranched alkanes of at least 4 members (excludes halogenated alkanes) is 1. The lowest BCUT2D eigenvalue weighted by Gasteiger charge is -2.19. The van der Waals surface area contributed by atoms with E-state index in [2.05, 4.69) is 6.92 Å². The molecule has 1 fully saturated rings. The van der Waals surface area contributed by atoms with Crippen LogP contribution in [0.1, 0.15) is 38.4 Å². The molecule has 0 unspecified atom stereocenters. The third-order valence-electron chi connectivity index (χ3n) is 3.02. The first-order chi connectivity index (χ1) is 8.59. The number of hydrogen-bond acceptors (Lipinski definition) is 3. The van der Waals surface area contributed by atoms with E-state index in [0.717, 1.165) is 25.7 Å². The van der Waals surface area contributed by atoms with E-state index in [1.165, 1.54) is 6.07 Å². The van der Waals surface area contributed by atoms with Crippen molar-refractivity contribution in [1.29, 1.82) is 0 Å². The smallest absolute Gasteiger partial charge is 0.276 e. The molecule has 18 heavy (non-hydrogen) atoms. The van der Waals surface area contributed by atoms with Crippen molar-refractivity contribution < 1.29 is 12.8 Å². The summed E-state index contributed by atoms with van der Waals surface area (Å²) in [5.74, 6) is 0.676. The molecule has 0 spiro atoms. The Morgan fingerprint density at radius 2 is 2.17 bits per heavy atom. The fourth-order valence-corrected chi connectivity index (χ4v) is 3.66. The van der Waals surface area contributed by atoms with Crippen LogP contribution in [0.5, 0.6) is 0 Å². The zero-order valence-electron chi connectivity index (χ0n) is 10.4. The highest BCUT2D eigenvalue weighted by molar-refractivity contribution is 7.89. The quantitative estimate of drug-likeness (QED) is 0.726. The van der Waals surface area contributed by atoms with Crippen LogP contribution >= 0.6 is 11.6 Å². The maximum absolute atomic E-state index is 12.4. The summed E-state index contributed by atoms with van der Waals surface area (Å²) in [6.45, 7) is 2.62. The van der Waals surface area contributed by atoms with Gasteiger partial charge in [0.1, 0.15) is 5.76 Å². The van der Waals surface area contributed by atoms with E-state index >= 15 is 0 Å². The lowest BCUT2D eigenvalue weighted by Crippen LogP contribution is -2.33. The first kappa shape index (κ1) is 13.9. The molecular formula is C12H18ClNO3S. The molecule has 0 aliphatic heterocycles. The van der Waals surface area contributed by atoms with Crippen molar-refractivity contribution in [2.24, 2.45) is 0 Å². The minimum atomic E-state index is -3.49. The lowest BCUT2D eigenvalue weighted by molar-refractivity contribution is 0.361. The molecule has 1 aromatic rings.